The van der Waals surface area contributed by atoms with Crippen molar-refractivity contribution in [3.63, 3.8) is 0 Å². The lowest BCUT2D eigenvalue weighted by Gasteiger charge is -2.28. The minimum atomic E-state index is -1.06. The van der Waals surface area contributed by atoms with Gasteiger partial charge in [-0.25, -0.2) is 9.78 Å². The fraction of sp³-hybridized carbons (Fsp3) is 0.417. The molecule has 0 spiro atoms. The van der Waals surface area contributed by atoms with Gasteiger partial charge in [0.2, 0.25) is 5.91 Å². The van der Waals surface area contributed by atoms with Crippen LogP contribution in [0.25, 0.3) is 0 Å². The Kier molecular flexibility index (Phi) is 3.18. The molecular weight excluding hydrogens is 234 g/mol. The highest BCUT2D eigenvalue weighted by Gasteiger charge is 2.23. The molecule has 0 atom stereocenters. The lowest BCUT2D eigenvalue weighted by atomic mass is 10.1. The maximum Gasteiger partial charge on any atom is 0.331 e. The van der Waals surface area contributed by atoms with E-state index in [9.17, 15) is 9.59 Å². The van der Waals surface area contributed by atoms with Crippen LogP contribution in [0.4, 0.5) is 0 Å². The topological polar surface area (TPSA) is 75.4 Å². The summed E-state index contributed by atoms with van der Waals surface area (Å²) >= 11 is 0. The summed E-state index contributed by atoms with van der Waals surface area (Å²) in [7, 11) is 0. The molecule has 6 nitrogen and oxygen atoms in total. The Balaban J connectivity index is 2.18. The van der Waals surface area contributed by atoms with E-state index in [1.54, 1.807) is 18.0 Å². The molecule has 0 radical (unpaired) electrons. The molecule has 0 bridgehead atoms. The summed E-state index contributed by atoms with van der Waals surface area (Å²) < 4.78 is 1.99. The zero-order chi connectivity index (χ0) is 13.3. The number of nitrogens with zero attached hydrogens (tertiary/aromatic N) is 3. The lowest BCUT2D eigenvalue weighted by molar-refractivity contribution is -0.134. The number of carbonyl (C=O) groups excluding carboxylic acids is 1. The number of fused-ring (bicyclic) bond motifs is 1. The van der Waals surface area contributed by atoms with Crippen LogP contribution in [0, 0.1) is 0 Å². The quantitative estimate of drug-likeness (QED) is 0.781. The predicted octanol–water partition coefficient (Wildman–Crippen LogP) is 0.646. The molecule has 0 saturated heterocycles. The highest BCUT2D eigenvalue weighted by atomic mass is 16.4. The summed E-state index contributed by atoms with van der Waals surface area (Å²) in [6, 6.07) is 0. The van der Waals surface area contributed by atoms with E-state index < -0.39 is 5.97 Å². The van der Waals surface area contributed by atoms with Gasteiger partial charge in [-0.15, -0.1) is 0 Å². The van der Waals surface area contributed by atoms with Crippen LogP contribution in [0.5, 0.6) is 0 Å². The average Bonchev–Trinajstić information content (AvgIpc) is 2.82. The highest BCUT2D eigenvalue weighted by Crippen LogP contribution is 2.15. The fourth-order valence-electron chi connectivity index (χ4n) is 1.90. The molecule has 0 aromatic carbocycles. The number of aromatic nitrogens is 2. The number of amides is 1. The molecule has 0 fully saturated rings. The van der Waals surface area contributed by atoms with E-state index >= 15 is 0 Å². The van der Waals surface area contributed by atoms with Crippen molar-refractivity contribution < 1.29 is 14.7 Å². The summed E-state index contributed by atoms with van der Waals surface area (Å²) in [6.45, 7) is 4.69. The van der Waals surface area contributed by atoms with E-state index in [2.05, 4.69) is 4.98 Å². The van der Waals surface area contributed by atoms with Crippen molar-refractivity contribution in [3.05, 3.63) is 29.4 Å². The third-order valence-corrected chi connectivity index (χ3v) is 3.24. The average molecular weight is 249 g/mol. The number of carboxylic acid groups (broad SMARTS) is 1. The van der Waals surface area contributed by atoms with E-state index in [4.69, 9.17) is 5.11 Å². The standard InChI is InChI=1S/C12H15N3O3/c1-8(9(2)12(17)18)11(16)15-6-5-14-4-3-13-10(14)7-15/h3-4H,5-7H2,1-2H3,(H,17,18). The Labute approximate surface area is 105 Å². The second kappa shape index (κ2) is 4.64. The summed E-state index contributed by atoms with van der Waals surface area (Å²) in [4.78, 5) is 28.8. The summed E-state index contributed by atoms with van der Waals surface area (Å²) in [6.07, 6.45) is 3.58. The van der Waals surface area contributed by atoms with E-state index in [0.717, 1.165) is 5.82 Å². The van der Waals surface area contributed by atoms with Crippen molar-refractivity contribution >= 4 is 11.9 Å². The van der Waals surface area contributed by atoms with Crippen LogP contribution < -0.4 is 0 Å². The zero-order valence-corrected chi connectivity index (χ0v) is 10.4. The molecule has 0 aliphatic carbocycles. The van der Waals surface area contributed by atoms with Crippen molar-refractivity contribution in [2.45, 2.75) is 26.9 Å². The number of carbonyl (C=O) groups is 2. The predicted molar refractivity (Wildman–Crippen MR) is 63.7 cm³/mol. The van der Waals surface area contributed by atoms with E-state index in [1.807, 2.05) is 10.8 Å². The molecule has 0 unspecified atom stereocenters. The van der Waals surface area contributed by atoms with Crippen molar-refractivity contribution in [1.29, 1.82) is 0 Å². The van der Waals surface area contributed by atoms with Crippen LogP contribution >= 0.6 is 0 Å². The summed E-state index contributed by atoms with van der Waals surface area (Å²) in [5.74, 6) is -0.459. The van der Waals surface area contributed by atoms with Gasteiger partial charge in [-0.3, -0.25) is 4.79 Å². The first-order valence-electron chi connectivity index (χ1n) is 5.70. The van der Waals surface area contributed by atoms with Gasteiger partial charge in [-0.05, 0) is 13.8 Å². The third-order valence-electron chi connectivity index (χ3n) is 3.24. The molecule has 0 saturated carbocycles. The first-order valence-corrected chi connectivity index (χ1v) is 5.70. The Morgan fingerprint density at radius 2 is 2.00 bits per heavy atom. The summed E-state index contributed by atoms with van der Waals surface area (Å²) in [5, 5.41) is 8.88. The smallest absolute Gasteiger partial charge is 0.331 e. The molecule has 1 aromatic heterocycles. The van der Waals surface area contributed by atoms with Gasteiger partial charge in [0.05, 0.1) is 6.54 Å². The van der Waals surface area contributed by atoms with Crippen LogP contribution in [0.2, 0.25) is 0 Å². The van der Waals surface area contributed by atoms with Crippen LogP contribution in [0.1, 0.15) is 19.7 Å². The van der Waals surface area contributed by atoms with Crippen molar-refractivity contribution in [2.24, 2.45) is 0 Å². The maximum atomic E-state index is 12.1. The Hall–Kier alpha value is -2.11. The number of hydrogen-bond acceptors (Lipinski definition) is 3. The number of rotatable bonds is 2. The molecular formula is C12H15N3O3. The minimum Gasteiger partial charge on any atom is -0.478 e. The molecule has 18 heavy (non-hydrogen) atoms. The van der Waals surface area contributed by atoms with Crippen LogP contribution in [0.3, 0.4) is 0 Å². The molecule has 6 heteroatoms. The molecule has 1 aromatic rings. The molecule has 1 aliphatic heterocycles. The maximum absolute atomic E-state index is 12.1. The number of hydrogen-bond donors (Lipinski definition) is 1. The monoisotopic (exact) mass is 249 g/mol. The van der Waals surface area contributed by atoms with Gasteiger partial charge in [-0.2, -0.15) is 0 Å². The molecule has 1 N–H and O–H groups in total. The molecule has 1 aliphatic rings. The largest absolute Gasteiger partial charge is 0.478 e. The minimum absolute atomic E-state index is 0.0916. The Morgan fingerprint density at radius 3 is 2.67 bits per heavy atom. The SMILES string of the molecule is CC(C(=O)O)=C(C)C(=O)N1CCn2ccnc2C1. The zero-order valence-electron chi connectivity index (χ0n) is 10.4. The van der Waals surface area contributed by atoms with Crippen molar-refractivity contribution in [1.82, 2.24) is 14.5 Å². The number of carboxylic acids is 1. The van der Waals surface area contributed by atoms with Crippen LogP contribution in [-0.2, 0) is 22.7 Å². The fourth-order valence-corrected chi connectivity index (χ4v) is 1.90. The molecule has 2 heterocycles. The van der Waals surface area contributed by atoms with Crippen molar-refractivity contribution in [2.75, 3.05) is 6.54 Å². The van der Waals surface area contributed by atoms with Crippen molar-refractivity contribution in [3.8, 4) is 0 Å². The van der Waals surface area contributed by atoms with Gasteiger partial charge in [0, 0.05) is 36.6 Å². The second-order valence-corrected chi connectivity index (χ2v) is 4.32. The van der Waals surface area contributed by atoms with Gasteiger partial charge in [0.15, 0.2) is 0 Å². The summed E-state index contributed by atoms with van der Waals surface area (Å²) in [5.41, 5.74) is 0.372. The van der Waals surface area contributed by atoms with Gasteiger partial charge < -0.3 is 14.6 Å². The van der Waals surface area contributed by atoms with Gasteiger partial charge in [0.1, 0.15) is 5.82 Å². The number of aliphatic carboxylic acids is 1. The van der Waals surface area contributed by atoms with Gasteiger partial charge in [-0.1, -0.05) is 0 Å². The van der Waals surface area contributed by atoms with E-state index in [1.165, 1.54) is 6.92 Å². The first-order chi connectivity index (χ1) is 8.50. The van der Waals surface area contributed by atoms with E-state index in [-0.39, 0.29) is 17.1 Å². The second-order valence-electron chi connectivity index (χ2n) is 4.32. The van der Waals surface area contributed by atoms with E-state index in [0.29, 0.717) is 19.6 Å². The van der Waals surface area contributed by atoms with Gasteiger partial charge >= 0.3 is 5.97 Å². The Morgan fingerprint density at radius 1 is 1.28 bits per heavy atom. The lowest BCUT2D eigenvalue weighted by Crippen LogP contribution is -2.39. The van der Waals surface area contributed by atoms with Crippen LogP contribution in [-0.4, -0.2) is 38.0 Å². The Bertz CT molecular complexity index is 530. The van der Waals surface area contributed by atoms with Gasteiger partial charge in [0.25, 0.3) is 0 Å². The molecule has 96 valence electrons. The number of imidazole rings is 1. The third kappa shape index (κ3) is 2.13. The highest BCUT2D eigenvalue weighted by molar-refractivity contribution is 6.01. The van der Waals surface area contributed by atoms with Crippen LogP contribution in [0.15, 0.2) is 23.5 Å². The molecule has 1 amide bonds. The molecule has 2 rings (SSSR count). The normalized spacial score (nSPS) is 16.0. The first kappa shape index (κ1) is 12.3.